The molecular formula is C9H6N4O2. The number of carboxylic acid groups (broad SMARTS) is 1. The lowest BCUT2D eigenvalue weighted by Crippen LogP contribution is -2.27. The maximum Gasteiger partial charge on any atom is 0.329 e. The summed E-state index contributed by atoms with van der Waals surface area (Å²) in [5.41, 5.74) is -1.05. The van der Waals surface area contributed by atoms with Crippen molar-refractivity contribution in [2.24, 2.45) is 0 Å². The monoisotopic (exact) mass is 202 g/mol. The Labute approximate surface area is 85.0 Å². The van der Waals surface area contributed by atoms with Gasteiger partial charge in [0.2, 0.25) is 0 Å². The number of nitriles is 2. The first-order chi connectivity index (χ1) is 7.15. The summed E-state index contributed by atoms with van der Waals surface area (Å²) < 4.78 is 1.29. The van der Waals surface area contributed by atoms with Gasteiger partial charge in [-0.1, -0.05) is 0 Å². The van der Waals surface area contributed by atoms with Crippen LogP contribution in [0.4, 0.5) is 0 Å². The zero-order chi connectivity index (χ0) is 11.1. The molecule has 15 heavy (non-hydrogen) atoms. The minimum absolute atomic E-state index is 0.0231. The van der Waals surface area contributed by atoms with Crippen LogP contribution in [-0.2, 0) is 10.3 Å². The Bertz CT molecular complexity index is 513. The topological polar surface area (TPSA) is 103 Å². The molecule has 0 atom stereocenters. The molecule has 1 N–H and O–H groups in total. The fourth-order valence-corrected chi connectivity index (χ4v) is 1.54. The largest absolute Gasteiger partial charge is 0.479 e. The molecule has 6 heteroatoms. The zero-order valence-electron chi connectivity index (χ0n) is 7.64. The number of aliphatic carboxylic acids is 1. The molecule has 1 aromatic rings. The Morgan fingerprint density at radius 2 is 2.20 bits per heavy atom. The van der Waals surface area contributed by atoms with Gasteiger partial charge >= 0.3 is 5.97 Å². The number of hydrogen-bond acceptors (Lipinski definition) is 4. The quantitative estimate of drug-likeness (QED) is 0.737. The average molecular weight is 202 g/mol. The molecule has 6 nitrogen and oxygen atoms in total. The average Bonchev–Trinajstić information content (AvgIpc) is 2.93. The van der Waals surface area contributed by atoms with Gasteiger partial charge in [0.15, 0.2) is 11.4 Å². The molecule has 1 heterocycles. The van der Waals surface area contributed by atoms with E-state index in [4.69, 9.17) is 15.6 Å². The minimum Gasteiger partial charge on any atom is -0.479 e. The Morgan fingerprint density at radius 3 is 2.60 bits per heavy atom. The number of carbonyl (C=O) groups is 1. The third-order valence-corrected chi connectivity index (χ3v) is 2.56. The summed E-state index contributed by atoms with van der Waals surface area (Å²) in [5.74, 6) is -0.985. The van der Waals surface area contributed by atoms with Crippen molar-refractivity contribution in [3.8, 4) is 12.1 Å². The SMILES string of the molecule is N#Cc1ncn(C2(C(=O)O)CC2)c1C#N. The van der Waals surface area contributed by atoms with E-state index in [0.717, 1.165) is 0 Å². The highest BCUT2D eigenvalue weighted by Gasteiger charge is 2.53. The zero-order valence-corrected chi connectivity index (χ0v) is 7.64. The second-order valence-corrected chi connectivity index (χ2v) is 3.37. The summed E-state index contributed by atoms with van der Waals surface area (Å²) in [5, 5.41) is 26.5. The van der Waals surface area contributed by atoms with Crippen molar-refractivity contribution in [1.82, 2.24) is 9.55 Å². The Kier molecular flexibility index (Phi) is 1.74. The summed E-state index contributed by atoms with van der Waals surface area (Å²) in [7, 11) is 0. The maximum absolute atomic E-state index is 11.0. The van der Waals surface area contributed by atoms with Crippen molar-refractivity contribution in [2.75, 3.05) is 0 Å². The molecule has 0 spiro atoms. The van der Waals surface area contributed by atoms with Crippen LogP contribution in [0.1, 0.15) is 24.2 Å². The molecule has 74 valence electrons. The van der Waals surface area contributed by atoms with Crippen molar-refractivity contribution >= 4 is 5.97 Å². The summed E-state index contributed by atoms with van der Waals surface area (Å²) in [6, 6.07) is 3.57. The van der Waals surface area contributed by atoms with Crippen LogP contribution < -0.4 is 0 Å². The van der Waals surface area contributed by atoms with Crippen molar-refractivity contribution in [1.29, 1.82) is 10.5 Å². The van der Waals surface area contributed by atoms with E-state index in [-0.39, 0.29) is 11.4 Å². The van der Waals surface area contributed by atoms with Crippen LogP contribution in [0.2, 0.25) is 0 Å². The van der Waals surface area contributed by atoms with E-state index in [0.29, 0.717) is 12.8 Å². The van der Waals surface area contributed by atoms with E-state index in [9.17, 15) is 4.79 Å². The van der Waals surface area contributed by atoms with Gasteiger partial charge in [-0.15, -0.1) is 0 Å². The molecule has 1 aliphatic carbocycles. The lowest BCUT2D eigenvalue weighted by Gasteiger charge is -2.11. The second-order valence-electron chi connectivity index (χ2n) is 3.37. The summed E-state index contributed by atoms with van der Waals surface area (Å²) >= 11 is 0. The second kappa shape index (κ2) is 2.82. The highest BCUT2D eigenvalue weighted by atomic mass is 16.4. The van der Waals surface area contributed by atoms with Gasteiger partial charge in [0.05, 0.1) is 6.33 Å². The van der Waals surface area contributed by atoms with Crippen LogP contribution >= 0.6 is 0 Å². The summed E-state index contributed by atoms with van der Waals surface area (Å²) in [6.07, 6.45) is 2.19. The van der Waals surface area contributed by atoms with E-state index in [1.165, 1.54) is 10.9 Å². The number of rotatable bonds is 2. The molecule has 0 saturated heterocycles. The van der Waals surface area contributed by atoms with Gasteiger partial charge in [-0.3, -0.25) is 0 Å². The first-order valence-electron chi connectivity index (χ1n) is 4.27. The third-order valence-electron chi connectivity index (χ3n) is 2.56. The molecule has 0 amide bonds. The molecular weight excluding hydrogens is 196 g/mol. The third kappa shape index (κ3) is 1.09. The lowest BCUT2D eigenvalue weighted by molar-refractivity contribution is -0.142. The van der Waals surface area contributed by atoms with Gasteiger partial charge < -0.3 is 9.67 Å². The highest BCUT2D eigenvalue weighted by Crippen LogP contribution is 2.44. The van der Waals surface area contributed by atoms with Crippen molar-refractivity contribution in [3.63, 3.8) is 0 Å². The van der Waals surface area contributed by atoms with Gasteiger partial charge in [-0.25, -0.2) is 9.78 Å². The lowest BCUT2D eigenvalue weighted by atomic mass is 10.2. The van der Waals surface area contributed by atoms with Crippen LogP contribution in [0.3, 0.4) is 0 Å². The predicted molar refractivity (Wildman–Crippen MR) is 46.5 cm³/mol. The van der Waals surface area contributed by atoms with Crippen LogP contribution in [0.25, 0.3) is 0 Å². The molecule has 1 saturated carbocycles. The van der Waals surface area contributed by atoms with Gasteiger partial charge in [0, 0.05) is 0 Å². The van der Waals surface area contributed by atoms with Gasteiger partial charge in [-0.2, -0.15) is 10.5 Å². The first-order valence-corrected chi connectivity index (χ1v) is 4.27. The number of aromatic nitrogens is 2. The first kappa shape index (κ1) is 9.22. The number of hydrogen-bond donors (Lipinski definition) is 1. The van der Waals surface area contributed by atoms with E-state index in [2.05, 4.69) is 4.98 Å². The van der Waals surface area contributed by atoms with Crippen LogP contribution in [-0.4, -0.2) is 20.6 Å². The Balaban J connectivity index is 2.57. The number of nitrogens with zero attached hydrogens (tertiary/aromatic N) is 4. The van der Waals surface area contributed by atoms with Crippen LogP contribution in [0.15, 0.2) is 6.33 Å². The van der Waals surface area contributed by atoms with Crippen molar-refractivity contribution < 1.29 is 9.90 Å². The fourth-order valence-electron chi connectivity index (χ4n) is 1.54. The Morgan fingerprint density at radius 1 is 1.53 bits per heavy atom. The molecule has 1 aliphatic rings. The van der Waals surface area contributed by atoms with Gasteiger partial charge in [0.25, 0.3) is 0 Å². The maximum atomic E-state index is 11.0. The van der Waals surface area contributed by atoms with Crippen molar-refractivity contribution in [2.45, 2.75) is 18.4 Å². The molecule has 1 fully saturated rings. The molecule has 0 radical (unpaired) electrons. The van der Waals surface area contributed by atoms with Gasteiger partial charge in [-0.05, 0) is 12.8 Å². The van der Waals surface area contributed by atoms with E-state index < -0.39 is 11.5 Å². The minimum atomic E-state index is -1.05. The predicted octanol–water partition coefficient (Wildman–Crippen LogP) is 0.200. The number of imidazole rings is 1. The van der Waals surface area contributed by atoms with Gasteiger partial charge in [0.1, 0.15) is 17.7 Å². The van der Waals surface area contributed by atoms with Crippen LogP contribution in [0, 0.1) is 22.7 Å². The van der Waals surface area contributed by atoms with E-state index in [1.54, 1.807) is 6.07 Å². The highest BCUT2D eigenvalue weighted by molar-refractivity contribution is 5.80. The standard InChI is InChI=1S/C9H6N4O2/c10-3-6-7(4-11)13(5-12-6)9(1-2-9)8(14)15/h5H,1-2H2,(H,14,15). The smallest absolute Gasteiger partial charge is 0.329 e. The normalized spacial score (nSPS) is 16.4. The number of carboxylic acids is 1. The van der Waals surface area contributed by atoms with Crippen LogP contribution in [0.5, 0.6) is 0 Å². The molecule has 0 aromatic carbocycles. The van der Waals surface area contributed by atoms with Crippen molar-refractivity contribution in [3.05, 3.63) is 17.7 Å². The fraction of sp³-hybridized carbons (Fsp3) is 0.333. The summed E-state index contributed by atoms with van der Waals surface area (Å²) in [6.45, 7) is 0. The van der Waals surface area contributed by atoms with E-state index in [1.807, 2.05) is 6.07 Å². The van der Waals surface area contributed by atoms with E-state index >= 15 is 0 Å². The Hall–Kier alpha value is -2.34. The molecule has 0 bridgehead atoms. The molecule has 2 rings (SSSR count). The molecule has 0 aliphatic heterocycles. The summed E-state index contributed by atoms with van der Waals surface area (Å²) in [4.78, 5) is 14.7. The molecule has 1 aromatic heterocycles. The molecule has 0 unspecified atom stereocenters.